The van der Waals surface area contributed by atoms with E-state index in [1.54, 1.807) is 0 Å². The van der Waals surface area contributed by atoms with Gasteiger partial charge in [0.05, 0.1) is 18.0 Å². The lowest BCUT2D eigenvalue weighted by atomic mass is 10.2. The number of fused-ring (bicyclic) bond motifs is 1. The molecule has 0 fully saturated rings. The minimum Gasteiger partial charge on any atom is -0.344 e. The molecule has 2 amide bonds. The highest BCUT2D eigenvalue weighted by Gasteiger charge is 2.25. The van der Waals surface area contributed by atoms with Gasteiger partial charge in [-0.1, -0.05) is 18.1 Å². The second-order valence-electron chi connectivity index (χ2n) is 3.72. The lowest BCUT2D eigenvalue weighted by molar-refractivity contribution is -0.122. The summed E-state index contributed by atoms with van der Waals surface area (Å²) in [5, 5.41) is 2.56. The van der Waals surface area contributed by atoms with Crippen molar-refractivity contribution < 1.29 is 9.59 Å². The van der Waals surface area contributed by atoms with E-state index in [0.29, 0.717) is 5.75 Å². The van der Waals surface area contributed by atoms with Gasteiger partial charge in [-0.3, -0.25) is 9.59 Å². The molecule has 1 aromatic carbocycles. The van der Waals surface area contributed by atoms with Gasteiger partial charge in [0.1, 0.15) is 6.54 Å². The van der Waals surface area contributed by atoms with Crippen molar-refractivity contribution in [3.05, 3.63) is 24.3 Å². The molecule has 1 aliphatic heterocycles. The van der Waals surface area contributed by atoms with Crippen molar-refractivity contribution in [1.29, 1.82) is 0 Å². The zero-order valence-corrected chi connectivity index (χ0v) is 10.5. The maximum atomic E-state index is 11.9. The monoisotopic (exact) mass is 260 g/mol. The molecule has 0 bridgehead atoms. The van der Waals surface area contributed by atoms with Gasteiger partial charge in [0, 0.05) is 4.90 Å². The van der Waals surface area contributed by atoms with Gasteiger partial charge in [-0.25, -0.2) is 0 Å². The molecular weight excluding hydrogens is 248 g/mol. The Morgan fingerprint density at radius 1 is 1.50 bits per heavy atom. The Labute approximate surface area is 110 Å². The first-order valence-electron chi connectivity index (χ1n) is 5.44. The van der Waals surface area contributed by atoms with E-state index in [2.05, 4.69) is 11.2 Å². The van der Waals surface area contributed by atoms with E-state index in [9.17, 15) is 9.59 Å². The molecule has 92 valence electrons. The maximum Gasteiger partial charge on any atom is 0.240 e. The zero-order valence-electron chi connectivity index (χ0n) is 9.68. The summed E-state index contributed by atoms with van der Waals surface area (Å²) < 4.78 is 0. The normalized spacial score (nSPS) is 13.7. The third-order valence-corrected chi connectivity index (χ3v) is 3.55. The number of carbonyl (C=O) groups is 2. The summed E-state index contributed by atoms with van der Waals surface area (Å²) in [6, 6.07) is 7.55. The van der Waals surface area contributed by atoms with E-state index in [4.69, 9.17) is 6.42 Å². The smallest absolute Gasteiger partial charge is 0.240 e. The van der Waals surface area contributed by atoms with Crippen LogP contribution in [0.25, 0.3) is 0 Å². The minimum atomic E-state index is -0.247. The molecular formula is C13H12N2O2S. The van der Waals surface area contributed by atoms with Gasteiger partial charge < -0.3 is 10.2 Å². The molecule has 2 rings (SSSR count). The Kier molecular flexibility index (Phi) is 3.90. The molecule has 18 heavy (non-hydrogen) atoms. The Balaban J connectivity index is 2.15. The van der Waals surface area contributed by atoms with E-state index in [-0.39, 0.29) is 24.9 Å². The van der Waals surface area contributed by atoms with Crippen LogP contribution >= 0.6 is 11.8 Å². The fourth-order valence-electron chi connectivity index (χ4n) is 1.68. The molecule has 0 spiro atoms. The highest BCUT2D eigenvalue weighted by Crippen LogP contribution is 2.34. The minimum absolute atomic E-state index is 0.0120. The number of benzene rings is 1. The second-order valence-corrected chi connectivity index (χ2v) is 4.73. The van der Waals surface area contributed by atoms with Crippen molar-refractivity contribution in [2.24, 2.45) is 0 Å². The molecule has 1 N–H and O–H groups in total. The van der Waals surface area contributed by atoms with Crippen molar-refractivity contribution in [3.8, 4) is 12.3 Å². The van der Waals surface area contributed by atoms with Crippen molar-refractivity contribution in [2.75, 3.05) is 23.7 Å². The lowest BCUT2D eigenvalue weighted by Gasteiger charge is -2.28. The van der Waals surface area contributed by atoms with E-state index < -0.39 is 0 Å². The van der Waals surface area contributed by atoms with Gasteiger partial charge >= 0.3 is 0 Å². The van der Waals surface area contributed by atoms with Crippen LogP contribution in [0.4, 0.5) is 5.69 Å². The SMILES string of the molecule is C#CCNC(=O)CN1C(=O)CSc2ccccc21. The van der Waals surface area contributed by atoms with Gasteiger partial charge in [-0.15, -0.1) is 18.2 Å². The first-order chi connectivity index (χ1) is 8.72. The van der Waals surface area contributed by atoms with Crippen LogP contribution in [0.3, 0.4) is 0 Å². The van der Waals surface area contributed by atoms with Crippen molar-refractivity contribution >= 4 is 29.3 Å². The van der Waals surface area contributed by atoms with Gasteiger partial charge in [-0.05, 0) is 12.1 Å². The number of hydrogen-bond donors (Lipinski definition) is 1. The Bertz CT molecular complexity index is 522. The molecule has 1 heterocycles. The number of terminal acetylenes is 1. The molecule has 5 heteroatoms. The van der Waals surface area contributed by atoms with Crippen LogP contribution in [0.5, 0.6) is 0 Å². The summed E-state index contributed by atoms with van der Waals surface area (Å²) in [6.07, 6.45) is 5.07. The topological polar surface area (TPSA) is 49.4 Å². The molecule has 0 unspecified atom stereocenters. The van der Waals surface area contributed by atoms with E-state index >= 15 is 0 Å². The number of rotatable bonds is 3. The van der Waals surface area contributed by atoms with Crippen LogP contribution in [-0.2, 0) is 9.59 Å². The molecule has 1 aliphatic rings. The molecule has 0 aliphatic carbocycles. The van der Waals surface area contributed by atoms with E-state index in [0.717, 1.165) is 10.6 Å². The predicted octanol–water partition coefficient (Wildman–Crippen LogP) is 0.875. The van der Waals surface area contributed by atoms with E-state index in [1.807, 2.05) is 24.3 Å². The molecule has 0 radical (unpaired) electrons. The van der Waals surface area contributed by atoms with Crippen LogP contribution in [-0.4, -0.2) is 30.7 Å². The number of nitrogens with one attached hydrogen (secondary N) is 1. The summed E-state index contributed by atoms with van der Waals surface area (Å²) in [5.74, 6) is 2.38. The van der Waals surface area contributed by atoms with Gasteiger partial charge in [-0.2, -0.15) is 0 Å². The Hall–Kier alpha value is -1.93. The van der Waals surface area contributed by atoms with Crippen molar-refractivity contribution in [3.63, 3.8) is 0 Å². The van der Waals surface area contributed by atoms with Crippen LogP contribution in [0.15, 0.2) is 29.2 Å². The summed E-state index contributed by atoms with van der Waals surface area (Å²) >= 11 is 1.49. The standard InChI is InChI=1S/C13H12N2O2S/c1-2-7-14-12(16)8-15-10-5-3-4-6-11(10)18-9-13(15)17/h1,3-6H,7-9H2,(H,14,16). The van der Waals surface area contributed by atoms with Crippen molar-refractivity contribution in [2.45, 2.75) is 4.90 Å². The lowest BCUT2D eigenvalue weighted by Crippen LogP contribution is -2.43. The summed E-state index contributed by atoms with van der Waals surface area (Å²) in [7, 11) is 0. The van der Waals surface area contributed by atoms with Crippen LogP contribution in [0, 0.1) is 12.3 Å². The Morgan fingerprint density at radius 2 is 2.28 bits per heavy atom. The average molecular weight is 260 g/mol. The number of anilines is 1. The number of thioether (sulfide) groups is 1. The molecule has 4 nitrogen and oxygen atoms in total. The molecule has 1 aromatic rings. The van der Waals surface area contributed by atoms with Gasteiger partial charge in [0.25, 0.3) is 0 Å². The highest BCUT2D eigenvalue weighted by atomic mass is 32.2. The molecule has 0 aromatic heterocycles. The van der Waals surface area contributed by atoms with Gasteiger partial charge in [0.15, 0.2) is 0 Å². The fourth-order valence-corrected chi connectivity index (χ4v) is 2.61. The number of amides is 2. The summed E-state index contributed by atoms with van der Waals surface area (Å²) in [5.41, 5.74) is 0.787. The third kappa shape index (κ3) is 2.66. The average Bonchev–Trinajstić information content (AvgIpc) is 2.40. The quantitative estimate of drug-likeness (QED) is 0.821. The molecule has 0 saturated carbocycles. The Morgan fingerprint density at radius 3 is 3.06 bits per heavy atom. The number of para-hydroxylation sites is 1. The predicted molar refractivity (Wildman–Crippen MR) is 71.4 cm³/mol. The van der Waals surface area contributed by atoms with Crippen LogP contribution in [0.2, 0.25) is 0 Å². The van der Waals surface area contributed by atoms with Crippen LogP contribution in [0.1, 0.15) is 0 Å². The third-order valence-electron chi connectivity index (χ3n) is 2.50. The van der Waals surface area contributed by atoms with Gasteiger partial charge in [0.2, 0.25) is 11.8 Å². The molecule has 0 saturated heterocycles. The first-order valence-corrected chi connectivity index (χ1v) is 6.43. The fraction of sp³-hybridized carbons (Fsp3) is 0.231. The summed E-state index contributed by atoms with van der Waals surface area (Å²) in [4.78, 5) is 26.0. The van der Waals surface area contributed by atoms with Crippen molar-refractivity contribution in [1.82, 2.24) is 5.32 Å². The van der Waals surface area contributed by atoms with Crippen LogP contribution < -0.4 is 10.2 Å². The second kappa shape index (κ2) is 5.61. The number of nitrogens with zero attached hydrogens (tertiary/aromatic N) is 1. The molecule has 0 atom stereocenters. The first kappa shape index (κ1) is 12.5. The zero-order chi connectivity index (χ0) is 13.0. The number of carbonyl (C=O) groups excluding carboxylic acids is 2. The number of hydrogen-bond acceptors (Lipinski definition) is 3. The van der Waals surface area contributed by atoms with E-state index in [1.165, 1.54) is 16.7 Å². The maximum absolute atomic E-state index is 11.9. The summed E-state index contributed by atoms with van der Waals surface area (Å²) in [6.45, 7) is 0.190. The highest BCUT2D eigenvalue weighted by molar-refractivity contribution is 8.00. The largest absolute Gasteiger partial charge is 0.344 e.